The van der Waals surface area contributed by atoms with Crippen LogP contribution in [0.1, 0.15) is 44.1 Å². The van der Waals surface area contributed by atoms with Crippen molar-refractivity contribution in [2.75, 3.05) is 13.2 Å². The van der Waals surface area contributed by atoms with Gasteiger partial charge in [-0.15, -0.1) is 0 Å². The van der Waals surface area contributed by atoms with E-state index in [-0.39, 0.29) is 12.4 Å². The third-order valence-electron chi connectivity index (χ3n) is 3.66. The maximum atomic E-state index is 11.7. The summed E-state index contributed by atoms with van der Waals surface area (Å²) in [6.45, 7) is 1.22. The van der Waals surface area contributed by atoms with Gasteiger partial charge in [0.1, 0.15) is 6.61 Å². The Balaban J connectivity index is 1.52. The monoisotopic (exact) mass is 276 g/mol. The number of ketones is 1. The molecule has 1 aromatic rings. The Kier molecular flexibility index (Phi) is 6.75. The van der Waals surface area contributed by atoms with Gasteiger partial charge in [0.2, 0.25) is 0 Å². The lowest BCUT2D eigenvalue weighted by Crippen LogP contribution is -2.19. The molecule has 3 heteroatoms. The highest BCUT2D eigenvalue weighted by atomic mass is 16.5. The quantitative estimate of drug-likeness (QED) is 0.729. The molecule has 1 saturated carbocycles. The highest BCUT2D eigenvalue weighted by molar-refractivity contribution is 5.79. The van der Waals surface area contributed by atoms with Gasteiger partial charge in [0, 0.05) is 6.42 Å². The zero-order valence-corrected chi connectivity index (χ0v) is 12.1. The lowest BCUT2D eigenvalue weighted by atomic mass is 9.98. The first-order valence-corrected chi connectivity index (χ1v) is 7.59. The number of carbonyl (C=O) groups excluding carboxylic acids is 1. The second kappa shape index (κ2) is 8.88. The molecule has 0 atom stereocenters. The number of carbonyl (C=O) groups is 1. The van der Waals surface area contributed by atoms with E-state index in [9.17, 15) is 4.79 Å². The highest BCUT2D eigenvalue weighted by Crippen LogP contribution is 2.20. The molecule has 1 aliphatic rings. The van der Waals surface area contributed by atoms with Crippen molar-refractivity contribution in [3.05, 3.63) is 35.9 Å². The standard InChI is InChI=1S/C17H24O3/c18-16(11-12-20-17-9-5-2-6-10-17)14-19-13-15-7-3-1-4-8-15/h1,3-4,7-8,17H,2,5-6,9-14H2. The van der Waals surface area contributed by atoms with Crippen molar-refractivity contribution in [2.24, 2.45) is 0 Å². The van der Waals surface area contributed by atoms with Gasteiger partial charge in [0.25, 0.3) is 0 Å². The fourth-order valence-corrected chi connectivity index (χ4v) is 2.50. The topological polar surface area (TPSA) is 35.5 Å². The van der Waals surface area contributed by atoms with Crippen LogP contribution in [0.3, 0.4) is 0 Å². The summed E-state index contributed by atoms with van der Waals surface area (Å²) in [5.41, 5.74) is 1.10. The molecule has 0 saturated heterocycles. The first-order valence-electron chi connectivity index (χ1n) is 7.59. The van der Waals surface area contributed by atoms with E-state index in [1.165, 1.54) is 19.3 Å². The van der Waals surface area contributed by atoms with E-state index in [2.05, 4.69) is 0 Å². The average molecular weight is 276 g/mol. The molecule has 0 aliphatic heterocycles. The van der Waals surface area contributed by atoms with Crippen LogP contribution in [0.15, 0.2) is 30.3 Å². The third kappa shape index (κ3) is 5.85. The van der Waals surface area contributed by atoms with Crippen molar-refractivity contribution in [1.82, 2.24) is 0 Å². The normalized spacial score (nSPS) is 16.2. The third-order valence-corrected chi connectivity index (χ3v) is 3.66. The highest BCUT2D eigenvalue weighted by Gasteiger charge is 2.14. The van der Waals surface area contributed by atoms with Crippen LogP contribution < -0.4 is 0 Å². The second-order valence-corrected chi connectivity index (χ2v) is 5.40. The van der Waals surface area contributed by atoms with Crippen molar-refractivity contribution in [1.29, 1.82) is 0 Å². The van der Waals surface area contributed by atoms with Gasteiger partial charge >= 0.3 is 0 Å². The van der Waals surface area contributed by atoms with E-state index in [1.807, 2.05) is 30.3 Å². The van der Waals surface area contributed by atoms with Crippen LogP contribution >= 0.6 is 0 Å². The fourth-order valence-electron chi connectivity index (χ4n) is 2.50. The number of Topliss-reactive ketones (excluding diaryl/α,β-unsaturated/α-hetero) is 1. The summed E-state index contributed by atoms with van der Waals surface area (Å²) in [7, 11) is 0. The van der Waals surface area contributed by atoms with Crippen molar-refractivity contribution in [3.63, 3.8) is 0 Å². The van der Waals surface area contributed by atoms with Gasteiger partial charge in [-0.2, -0.15) is 0 Å². The van der Waals surface area contributed by atoms with Gasteiger partial charge in [0.15, 0.2) is 5.78 Å². The van der Waals surface area contributed by atoms with Crippen LogP contribution in [-0.4, -0.2) is 25.1 Å². The van der Waals surface area contributed by atoms with E-state index in [4.69, 9.17) is 9.47 Å². The van der Waals surface area contributed by atoms with Crippen LogP contribution in [0.4, 0.5) is 0 Å². The molecule has 0 bridgehead atoms. The molecule has 1 fully saturated rings. The maximum absolute atomic E-state index is 11.7. The Labute approximate surface area is 121 Å². The number of ether oxygens (including phenoxy) is 2. The number of hydrogen-bond donors (Lipinski definition) is 0. The molecule has 2 rings (SSSR count). The van der Waals surface area contributed by atoms with Crippen LogP contribution in [0.5, 0.6) is 0 Å². The molecular weight excluding hydrogens is 252 g/mol. The minimum Gasteiger partial charge on any atom is -0.378 e. The Morgan fingerprint density at radius 1 is 1.10 bits per heavy atom. The number of rotatable bonds is 8. The molecule has 110 valence electrons. The zero-order chi connectivity index (χ0) is 14.0. The smallest absolute Gasteiger partial charge is 0.160 e. The Morgan fingerprint density at radius 3 is 2.60 bits per heavy atom. The van der Waals surface area contributed by atoms with Gasteiger partial charge in [-0.05, 0) is 18.4 Å². The van der Waals surface area contributed by atoms with Crippen LogP contribution in [-0.2, 0) is 20.9 Å². The molecule has 3 nitrogen and oxygen atoms in total. The van der Waals surface area contributed by atoms with Crippen molar-refractivity contribution >= 4 is 5.78 Å². The average Bonchev–Trinajstić information content (AvgIpc) is 2.49. The summed E-state index contributed by atoms with van der Waals surface area (Å²) in [4.78, 5) is 11.7. The van der Waals surface area contributed by atoms with E-state index in [0.29, 0.717) is 25.7 Å². The first kappa shape index (κ1) is 15.2. The van der Waals surface area contributed by atoms with E-state index < -0.39 is 0 Å². The molecule has 0 spiro atoms. The first-order chi connectivity index (χ1) is 9.84. The minimum absolute atomic E-state index is 0.122. The summed E-state index contributed by atoms with van der Waals surface area (Å²) in [5.74, 6) is 0.122. The summed E-state index contributed by atoms with van der Waals surface area (Å²) in [6.07, 6.45) is 6.99. The largest absolute Gasteiger partial charge is 0.378 e. The predicted molar refractivity (Wildman–Crippen MR) is 78.5 cm³/mol. The second-order valence-electron chi connectivity index (χ2n) is 5.40. The molecule has 0 aromatic heterocycles. The molecule has 0 unspecified atom stereocenters. The Bertz CT molecular complexity index is 382. The lowest BCUT2D eigenvalue weighted by Gasteiger charge is -2.21. The fraction of sp³-hybridized carbons (Fsp3) is 0.588. The molecule has 0 amide bonds. The predicted octanol–water partition coefficient (Wildman–Crippen LogP) is 3.51. The lowest BCUT2D eigenvalue weighted by molar-refractivity contribution is -0.125. The van der Waals surface area contributed by atoms with Gasteiger partial charge in [-0.3, -0.25) is 4.79 Å². The molecule has 1 aromatic carbocycles. The van der Waals surface area contributed by atoms with Crippen LogP contribution in [0.25, 0.3) is 0 Å². The van der Waals surface area contributed by atoms with E-state index >= 15 is 0 Å². The van der Waals surface area contributed by atoms with Crippen molar-refractivity contribution in [2.45, 2.75) is 51.2 Å². The van der Waals surface area contributed by atoms with E-state index in [1.54, 1.807) is 0 Å². The molecule has 0 radical (unpaired) electrons. The molecule has 0 heterocycles. The van der Waals surface area contributed by atoms with E-state index in [0.717, 1.165) is 18.4 Å². The SMILES string of the molecule is O=C(CCOC1CCCCC1)COCc1ccccc1. The van der Waals surface area contributed by atoms with Gasteiger partial charge in [-0.25, -0.2) is 0 Å². The molecule has 20 heavy (non-hydrogen) atoms. The summed E-state index contributed by atoms with van der Waals surface area (Å²) in [5, 5.41) is 0. The Hall–Kier alpha value is -1.19. The Morgan fingerprint density at radius 2 is 1.85 bits per heavy atom. The summed E-state index contributed by atoms with van der Waals surface area (Å²) >= 11 is 0. The summed E-state index contributed by atoms with van der Waals surface area (Å²) in [6, 6.07) is 9.90. The van der Waals surface area contributed by atoms with Gasteiger partial charge in [-0.1, -0.05) is 49.6 Å². The number of benzene rings is 1. The van der Waals surface area contributed by atoms with Crippen LogP contribution in [0, 0.1) is 0 Å². The summed E-state index contributed by atoms with van der Waals surface area (Å²) < 4.78 is 11.2. The molecular formula is C17H24O3. The molecule has 0 N–H and O–H groups in total. The molecule has 1 aliphatic carbocycles. The maximum Gasteiger partial charge on any atom is 0.160 e. The van der Waals surface area contributed by atoms with Crippen molar-refractivity contribution in [3.8, 4) is 0 Å². The van der Waals surface area contributed by atoms with Gasteiger partial charge < -0.3 is 9.47 Å². The zero-order valence-electron chi connectivity index (χ0n) is 12.1. The minimum atomic E-state index is 0.122. The van der Waals surface area contributed by atoms with Gasteiger partial charge in [0.05, 0.1) is 19.3 Å². The van der Waals surface area contributed by atoms with Crippen molar-refractivity contribution < 1.29 is 14.3 Å². The van der Waals surface area contributed by atoms with Crippen LogP contribution in [0.2, 0.25) is 0 Å². The number of hydrogen-bond acceptors (Lipinski definition) is 3.